The first-order valence-corrected chi connectivity index (χ1v) is 8.12. The standard InChI is InChI=1S/C15H22N6O3/c16-13(22)12-10-21(7-8-24-12)15(23)19-11-3-1-6-20(9-11)14-17-4-2-5-18-14/h2,4-5,11-12H,1,3,6-10H2,(H2,16,22)(H,19,23). The number of amides is 3. The van der Waals surface area contributed by atoms with Gasteiger partial charge in [-0.2, -0.15) is 0 Å². The highest BCUT2D eigenvalue weighted by molar-refractivity contribution is 5.81. The Labute approximate surface area is 140 Å². The van der Waals surface area contributed by atoms with Gasteiger partial charge in [0.25, 0.3) is 0 Å². The summed E-state index contributed by atoms with van der Waals surface area (Å²) in [6.45, 7) is 2.50. The molecule has 0 saturated carbocycles. The van der Waals surface area contributed by atoms with Gasteiger partial charge in [-0.3, -0.25) is 4.79 Å². The maximum atomic E-state index is 12.4. The predicted octanol–water partition coefficient (Wildman–Crippen LogP) is -0.659. The number of nitrogens with zero attached hydrogens (tertiary/aromatic N) is 4. The molecular formula is C15H22N6O3. The molecule has 9 nitrogen and oxygen atoms in total. The lowest BCUT2D eigenvalue weighted by Crippen LogP contribution is -2.56. The minimum Gasteiger partial charge on any atom is -0.367 e. The molecule has 2 aliphatic heterocycles. The van der Waals surface area contributed by atoms with Crippen LogP contribution in [0.25, 0.3) is 0 Å². The SMILES string of the molecule is NC(=O)C1CN(C(=O)NC2CCCN(c3ncccn3)C2)CCO1. The average molecular weight is 334 g/mol. The highest BCUT2D eigenvalue weighted by atomic mass is 16.5. The minimum absolute atomic E-state index is 0.0185. The van der Waals surface area contributed by atoms with Gasteiger partial charge in [-0.1, -0.05) is 0 Å². The van der Waals surface area contributed by atoms with Crippen LogP contribution in [0.15, 0.2) is 18.5 Å². The predicted molar refractivity (Wildman–Crippen MR) is 86.3 cm³/mol. The largest absolute Gasteiger partial charge is 0.367 e. The molecule has 3 heterocycles. The lowest BCUT2D eigenvalue weighted by molar-refractivity contribution is -0.133. The Kier molecular flexibility index (Phi) is 5.09. The van der Waals surface area contributed by atoms with Crippen molar-refractivity contribution < 1.29 is 14.3 Å². The molecule has 0 radical (unpaired) electrons. The molecule has 24 heavy (non-hydrogen) atoms. The van der Waals surface area contributed by atoms with E-state index in [1.54, 1.807) is 23.4 Å². The summed E-state index contributed by atoms with van der Waals surface area (Å²) in [7, 11) is 0. The van der Waals surface area contributed by atoms with Gasteiger partial charge < -0.3 is 25.6 Å². The van der Waals surface area contributed by atoms with Crippen LogP contribution >= 0.6 is 0 Å². The molecule has 3 rings (SSSR count). The lowest BCUT2D eigenvalue weighted by atomic mass is 10.1. The van der Waals surface area contributed by atoms with Crippen LogP contribution in [0, 0.1) is 0 Å². The first-order valence-electron chi connectivity index (χ1n) is 8.12. The van der Waals surface area contributed by atoms with Crippen LogP contribution in [0.4, 0.5) is 10.7 Å². The summed E-state index contributed by atoms with van der Waals surface area (Å²) in [4.78, 5) is 35.8. The third-order valence-electron chi connectivity index (χ3n) is 4.25. The van der Waals surface area contributed by atoms with Gasteiger partial charge in [-0.15, -0.1) is 0 Å². The monoisotopic (exact) mass is 334 g/mol. The number of hydrogen-bond donors (Lipinski definition) is 2. The first kappa shape index (κ1) is 16.4. The summed E-state index contributed by atoms with van der Waals surface area (Å²) in [5, 5.41) is 3.03. The summed E-state index contributed by atoms with van der Waals surface area (Å²) in [5.41, 5.74) is 5.25. The number of carbonyl (C=O) groups excluding carboxylic acids is 2. The zero-order valence-corrected chi connectivity index (χ0v) is 13.4. The molecule has 0 aliphatic carbocycles. The Balaban J connectivity index is 1.55. The Morgan fingerprint density at radius 3 is 2.79 bits per heavy atom. The van der Waals surface area contributed by atoms with Crippen molar-refractivity contribution in [2.24, 2.45) is 5.73 Å². The third kappa shape index (κ3) is 3.91. The molecule has 2 saturated heterocycles. The Morgan fingerprint density at radius 1 is 1.25 bits per heavy atom. The second kappa shape index (κ2) is 7.43. The van der Waals surface area contributed by atoms with Crippen LogP contribution in [-0.4, -0.2) is 71.7 Å². The number of urea groups is 1. The van der Waals surface area contributed by atoms with E-state index in [0.717, 1.165) is 19.4 Å². The fourth-order valence-corrected chi connectivity index (χ4v) is 3.00. The van der Waals surface area contributed by atoms with E-state index < -0.39 is 12.0 Å². The van der Waals surface area contributed by atoms with E-state index in [9.17, 15) is 9.59 Å². The van der Waals surface area contributed by atoms with Crippen molar-refractivity contribution in [1.29, 1.82) is 0 Å². The molecule has 130 valence electrons. The van der Waals surface area contributed by atoms with E-state index in [0.29, 0.717) is 25.6 Å². The molecule has 3 N–H and O–H groups in total. The fourth-order valence-electron chi connectivity index (χ4n) is 3.00. The van der Waals surface area contributed by atoms with Crippen LogP contribution in [0.2, 0.25) is 0 Å². The molecule has 3 amide bonds. The zero-order chi connectivity index (χ0) is 16.9. The van der Waals surface area contributed by atoms with Gasteiger partial charge in [0.2, 0.25) is 11.9 Å². The van der Waals surface area contributed by atoms with E-state index in [2.05, 4.69) is 20.2 Å². The number of anilines is 1. The number of ether oxygens (including phenoxy) is 1. The molecule has 0 aromatic carbocycles. The molecule has 2 unspecified atom stereocenters. The molecule has 9 heteroatoms. The highest BCUT2D eigenvalue weighted by Crippen LogP contribution is 2.16. The number of rotatable bonds is 3. The summed E-state index contributed by atoms with van der Waals surface area (Å²) in [5.74, 6) is 0.134. The molecular weight excluding hydrogens is 312 g/mol. The number of morpholine rings is 1. The molecule has 1 aromatic heterocycles. The van der Waals surface area contributed by atoms with Gasteiger partial charge in [-0.25, -0.2) is 14.8 Å². The topological polar surface area (TPSA) is 114 Å². The van der Waals surface area contributed by atoms with Crippen LogP contribution < -0.4 is 16.0 Å². The average Bonchev–Trinajstić information content (AvgIpc) is 2.63. The van der Waals surface area contributed by atoms with Crippen LogP contribution in [0.5, 0.6) is 0 Å². The van der Waals surface area contributed by atoms with E-state index in [4.69, 9.17) is 10.5 Å². The second-order valence-corrected chi connectivity index (χ2v) is 5.99. The summed E-state index contributed by atoms with van der Waals surface area (Å²) in [6, 6.07) is 1.61. The van der Waals surface area contributed by atoms with Gasteiger partial charge >= 0.3 is 6.03 Å². The normalized spacial score (nSPS) is 24.5. The Morgan fingerprint density at radius 2 is 2.04 bits per heavy atom. The van der Waals surface area contributed by atoms with Crippen molar-refractivity contribution in [3.8, 4) is 0 Å². The van der Waals surface area contributed by atoms with Crippen molar-refractivity contribution >= 4 is 17.9 Å². The maximum absolute atomic E-state index is 12.4. The number of carbonyl (C=O) groups is 2. The van der Waals surface area contributed by atoms with Crippen molar-refractivity contribution in [2.75, 3.05) is 37.7 Å². The van der Waals surface area contributed by atoms with Crippen molar-refractivity contribution in [3.63, 3.8) is 0 Å². The van der Waals surface area contributed by atoms with E-state index in [-0.39, 0.29) is 18.6 Å². The molecule has 2 fully saturated rings. The second-order valence-electron chi connectivity index (χ2n) is 5.99. The van der Waals surface area contributed by atoms with E-state index in [1.807, 2.05) is 0 Å². The van der Waals surface area contributed by atoms with Crippen molar-refractivity contribution in [1.82, 2.24) is 20.2 Å². The van der Waals surface area contributed by atoms with Crippen LogP contribution in [0.1, 0.15) is 12.8 Å². The Bertz CT molecular complexity index is 584. The number of aromatic nitrogens is 2. The first-order chi connectivity index (χ1) is 11.6. The van der Waals surface area contributed by atoms with Gasteiger partial charge in [0.15, 0.2) is 6.10 Å². The van der Waals surface area contributed by atoms with Gasteiger partial charge in [0.05, 0.1) is 13.2 Å². The highest BCUT2D eigenvalue weighted by Gasteiger charge is 2.30. The van der Waals surface area contributed by atoms with Crippen molar-refractivity contribution in [3.05, 3.63) is 18.5 Å². The number of hydrogen-bond acceptors (Lipinski definition) is 6. The maximum Gasteiger partial charge on any atom is 0.317 e. The van der Waals surface area contributed by atoms with E-state index in [1.165, 1.54) is 0 Å². The number of nitrogens with one attached hydrogen (secondary N) is 1. The smallest absolute Gasteiger partial charge is 0.317 e. The van der Waals surface area contributed by atoms with Crippen molar-refractivity contribution in [2.45, 2.75) is 25.0 Å². The molecule has 2 atom stereocenters. The van der Waals surface area contributed by atoms with Crippen LogP contribution in [0.3, 0.4) is 0 Å². The Hall–Kier alpha value is -2.42. The third-order valence-corrected chi connectivity index (χ3v) is 4.25. The van der Waals surface area contributed by atoms with Gasteiger partial charge in [0.1, 0.15) is 0 Å². The number of piperidine rings is 1. The fraction of sp³-hybridized carbons (Fsp3) is 0.600. The summed E-state index contributed by atoms with van der Waals surface area (Å²) in [6.07, 6.45) is 4.55. The summed E-state index contributed by atoms with van der Waals surface area (Å²) >= 11 is 0. The lowest BCUT2D eigenvalue weighted by Gasteiger charge is -2.36. The minimum atomic E-state index is -0.731. The molecule has 2 aliphatic rings. The molecule has 1 aromatic rings. The summed E-state index contributed by atoms with van der Waals surface area (Å²) < 4.78 is 5.26. The van der Waals surface area contributed by atoms with Crippen LogP contribution in [-0.2, 0) is 9.53 Å². The van der Waals surface area contributed by atoms with Gasteiger partial charge in [0, 0.05) is 38.1 Å². The molecule has 0 bridgehead atoms. The van der Waals surface area contributed by atoms with Gasteiger partial charge in [-0.05, 0) is 18.9 Å². The number of nitrogens with two attached hydrogens (primary N) is 1. The quantitative estimate of drug-likeness (QED) is 0.759. The van der Waals surface area contributed by atoms with E-state index >= 15 is 0 Å². The zero-order valence-electron chi connectivity index (χ0n) is 13.4. The molecule has 0 spiro atoms. The number of primary amides is 1.